The first-order valence-electron chi connectivity index (χ1n) is 9.49. The van der Waals surface area contributed by atoms with Crippen molar-refractivity contribution < 1.29 is 23.1 Å². The minimum absolute atomic E-state index is 0.120. The van der Waals surface area contributed by atoms with Gasteiger partial charge in [-0.25, -0.2) is 4.39 Å². The number of carbonyl (C=O) groups is 1. The van der Waals surface area contributed by atoms with Gasteiger partial charge in [-0.15, -0.1) is 0 Å². The number of ether oxygens (including phenoxy) is 2. The van der Waals surface area contributed by atoms with Crippen molar-refractivity contribution in [2.24, 2.45) is 0 Å². The lowest BCUT2D eigenvalue weighted by Gasteiger charge is -2.30. The molecule has 2 aromatic carbocycles. The third kappa shape index (κ3) is 4.93. The molecule has 6 nitrogen and oxygen atoms in total. The molecule has 1 saturated heterocycles. The number of halogens is 2. The Kier molecular flexibility index (Phi) is 6.21. The molecule has 2 heterocycles. The van der Waals surface area contributed by atoms with E-state index in [1.807, 2.05) is 6.07 Å². The summed E-state index contributed by atoms with van der Waals surface area (Å²) in [4.78, 5) is 14.9. The van der Waals surface area contributed by atoms with Crippen LogP contribution in [0.15, 0.2) is 59.0 Å². The number of morpholine rings is 1. The number of furan rings is 1. The molecule has 0 radical (unpaired) electrons. The quantitative estimate of drug-likeness (QED) is 0.612. The second kappa shape index (κ2) is 9.19. The normalized spacial score (nSPS) is 13.9. The number of nitrogens with one attached hydrogen (secondary N) is 1. The van der Waals surface area contributed by atoms with Crippen LogP contribution in [0.3, 0.4) is 0 Å². The van der Waals surface area contributed by atoms with Crippen molar-refractivity contribution in [2.75, 3.05) is 36.5 Å². The highest BCUT2D eigenvalue weighted by atomic mass is 35.5. The third-order valence-electron chi connectivity index (χ3n) is 4.64. The van der Waals surface area contributed by atoms with Crippen LogP contribution in [0, 0.1) is 5.82 Å². The highest BCUT2D eigenvalue weighted by molar-refractivity contribution is 6.31. The molecule has 0 saturated carbocycles. The molecule has 0 unspecified atom stereocenters. The largest absolute Gasteiger partial charge is 0.486 e. The van der Waals surface area contributed by atoms with Crippen LogP contribution in [-0.2, 0) is 11.3 Å². The van der Waals surface area contributed by atoms with E-state index in [2.05, 4.69) is 10.2 Å². The molecule has 30 heavy (non-hydrogen) atoms. The lowest BCUT2D eigenvalue weighted by atomic mass is 10.2. The van der Waals surface area contributed by atoms with E-state index in [1.54, 1.807) is 24.3 Å². The van der Waals surface area contributed by atoms with Crippen molar-refractivity contribution in [1.82, 2.24) is 0 Å². The molecule has 0 bridgehead atoms. The van der Waals surface area contributed by atoms with Gasteiger partial charge in [0.25, 0.3) is 5.91 Å². The number of hydrogen-bond donors (Lipinski definition) is 1. The van der Waals surface area contributed by atoms with Gasteiger partial charge in [0.05, 0.1) is 24.6 Å². The summed E-state index contributed by atoms with van der Waals surface area (Å²) >= 11 is 6.14. The topological polar surface area (TPSA) is 63.9 Å². The fraction of sp³-hybridized carbons (Fsp3) is 0.227. The van der Waals surface area contributed by atoms with Crippen molar-refractivity contribution in [3.63, 3.8) is 0 Å². The third-order valence-corrected chi connectivity index (χ3v) is 4.87. The van der Waals surface area contributed by atoms with E-state index in [4.69, 9.17) is 25.5 Å². The molecule has 8 heteroatoms. The maximum atomic E-state index is 13.0. The summed E-state index contributed by atoms with van der Waals surface area (Å²) < 4.78 is 29.5. The molecule has 1 aliphatic rings. The molecule has 1 amide bonds. The van der Waals surface area contributed by atoms with Crippen LogP contribution < -0.4 is 15.0 Å². The molecular weight excluding hydrogens is 411 g/mol. The molecule has 0 spiro atoms. The average Bonchev–Trinajstić information content (AvgIpc) is 3.23. The van der Waals surface area contributed by atoms with Crippen LogP contribution in [0.2, 0.25) is 5.02 Å². The minimum Gasteiger partial charge on any atom is -0.486 e. The number of amides is 1. The van der Waals surface area contributed by atoms with Crippen molar-refractivity contribution in [3.8, 4) is 5.75 Å². The predicted molar refractivity (Wildman–Crippen MR) is 112 cm³/mol. The maximum absolute atomic E-state index is 13.0. The molecule has 1 aromatic heterocycles. The predicted octanol–water partition coefficient (Wildman–Crippen LogP) is 4.74. The summed E-state index contributed by atoms with van der Waals surface area (Å²) in [5.74, 6) is 0.411. The van der Waals surface area contributed by atoms with Crippen LogP contribution in [0.25, 0.3) is 0 Å². The van der Waals surface area contributed by atoms with Gasteiger partial charge in [0.2, 0.25) is 0 Å². The van der Waals surface area contributed by atoms with Crippen molar-refractivity contribution in [1.29, 1.82) is 0 Å². The number of anilines is 2. The summed E-state index contributed by atoms with van der Waals surface area (Å²) in [6.07, 6.45) is 0. The van der Waals surface area contributed by atoms with Gasteiger partial charge in [-0.1, -0.05) is 11.6 Å². The van der Waals surface area contributed by atoms with Gasteiger partial charge in [0, 0.05) is 18.1 Å². The second-order valence-electron chi connectivity index (χ2n) is 6.72. The maximum Gasteiger partial charge on any atom is 0.291 e. The summed E-state index contributed by atoms with van der Waals surface area (Å²) in [5.41, 5.74) is 1.48. The molecule has 1 aliphatic heterocycles. The summed E-state index contributed by atoms with van der Waals surface area (Å²) in [5, 5.41) is 3.40. The Morgan fingerprint density at radius 1 is 1.10 bits per heavy atom. The zero-order valence-electron chi connectivity index (χ0n) is 16.1. The van der Waals surface area contributed by atoms with E-state index in [1.165, 1.54) is 24.3 Å². The highest BCUT2D eigenvalue weighted by Crippen LogP contribution is 2.30. The lowest BCUT2D eigenvalue weighted by Crippen LogP contribution is -2.36. The van der Waals surface area contributed by atoms with Gasteiger partial charge in [0.15, 0.2) is 5.76 Å². The molecule has 0 atom stereocenters. The summed E-state index contributed by atoms with van der Waals surface area (Å²) in [6, 6.07) is 14.3. The smallest absolute Gasteiger partial charge is 0.291 e. The van der Waals surface area contributed by atoms with Gasteiger partial charge >= 0.3 is 0 Å². The number of rotatable bonds is 6. The van der Waals surface area contributed by atoms with E-state index >= 15 is 0 Å². The minimum atomic E-state index is -0.389. The zero-order valence-corrected chi connectivity index (χ0v) is 16.8. The summed E-state index contributed by atoms with van der Waals surface area (Å²) in [7, 11) is 0. The average molecular weight is 431 g/mol. The van der Waals surface area contributed by atoms with Gasteiger partial charge < -0.3 is 24.1 Å². The van der Waals surface area contributed by atoms with E-state index in [-0.39, 0.29) is 24.1 Å². The van der Waals surface area contributed by atoms with Gasteiger partial charge in [-0.2, -0.15) is 0 Å². The summed E-state index contributed by atoms with van der Waals surface area (Å²) in [6.45, 7) is 2.85. The van der Waals surface area contributed by atoms with Crippen LogP contribution in [0.1, 0.15) is 16.3 Å². The van der Waals surface area contributed by atoms with E-state index < -0.39 is 0 Å². The van der Waals surface area contributed by atoms with Crippen molar-refractivity contribution in [3.05, 3.63) is 77.0 Å². The Morgan fingerprint density at radius 3 is 2.63 bits per heavy atom. The molecular formula is C22H20ClFN2O4. The number of benzene rings is 2. The Bertz CT molecular complexity index is 1020. The Hall–Kier alpha value is -3.03. The van der Waals surface area contributed by atoms with E-state index in [9.17, 15) is 9.18 Å². The molecule has 3 aromatic rings. The number of hydrogen-bond acceptors (Lipinski definition) is 5. The zero-order chi connectivity index (χ0) is 20.9. The van der Waals surface area contributed by atoms with E-state index in [0.717, 1.165) is 18.8 Å². The molecule has 0 aliphatic carbocycles. The van der Waals surface area contributed by atoms with Crippen LogP contribution in [0.5, 0.6) is 5.75 Å². The number of carbonyl (C=O) groups excluding carboxylic acids is 1. The Labute approximate surface area is 178 Å². The van der Waals surface area contributed by atoms with Crippen molar-refractivity contribution in [2.45, 2.75) is 6.61 Å². The van der Waals surface area contributed by atoms with Gasteiger partial charge in [-0.05, 0) is 54.6 Å². The number of nitrogens with zero attached hydrogens (tertiary/aromatic N) is 1. The monoisotopic (exact) mass is 430 g/mol. The van der Waals surface area contributed by atoms with E-state index in [0.29, 0.717) is 35.4 Å². The van der Waals surface area contributed by atoms with Gasteiger partial charge in [0.1, 0.15) is 23.9 Å². The first-order valence-corrected chi connectivity index (χ1v) is 9.87. The van der Waals surface area contributed by atoms with Crippen LogP contribution in [0.4, 0.5) is 15.8 Å². The highest BCUT2D eigenvalue weighted by Gasteiger charge is 2.18. The molecule has 1 N–H and O–H groups in total. The Balaban J connectivity index is 1.43. The first kappa shape index (κ1) is 20.3. The first-order chi connectivity index (χ1) is 14.6. The van der Waals surface area contributed by atoms with Crippen molar-refractivity contribution >= 4 is 28.9 Å². The molecule has 1 fully saturated rings. The molecule has 156 valence electrons. The standard InChI is InChI=1S/C22H20ClFN2O4/c23-15-1-7-20(26-9-11-28-12-10-26)19(13-15)25-22(27)21-8-6-18(30-21)14-29-17-4-2-16(24)3-5-17/h1-8,13H,9-12,14H2,(H,25,27). The van der Waals surface area contributed by atoms with Crippen LogP contribution >= 0.6 is 11.6 Å². The van der Waals surface area contributed by atoms with Gasteiger partial charge in [-0.3, -0.25) is 4.79 Å². The fourth-order valence-electron chi connectivity index (χ4n) is 3.14. The lowest BCUT2D eigenvalue weighted by molar-refractivity contribution is 0.0992. The second-order valence-corrected chi connectivity index (χ2v) is 7.16. The fourth-order valence-corrected chi connectivity index (χ4v) is 3.31. The Morgan fingerprint density at radius 2 is 1.87 bits per heavy atom. The SMILES string of the molecule is O=C(Nc1cc(Cl)ccc1N1CCOCC1)c1ccc(COc2ccc(F)cc2)o1. The van der Waals surface area contributed by atoms with Crippen LogP contribution in [-0.4, -0.2) is 32.2 Å². The molecule has 4 rings (SSSR count).